The Morgan fingerprint density at radius 3 is 2.00 bits per heavy atom. The van der Waals surface area contributed by atoms with Crippen molar-refractivity contribution in [1.82, 2.24) is 5.32 Å². The van der Waals surface area contributed by atoms with Gasteiger partial charge in [0.05, 0.1) is 26.7 Å². The van der Waals surface area contributed by atoms with E-state index in [1.165, 1.54) is 26.1 Å². The number of carbonyl (C=O) groups excluding carboxylic acids is 1. The maximum atomic E-state index is 12.5. The van der Waals surface area contributed by atoms with Crippen LogP contribution in [0.1, 0.15) is 74.7 Å². The second-order valence-corrected chi connectivity index (χ2v) is 9.11. The third-order valence-corrected chi connectivity index (χ3v) is 4.83. The molecule has 1 unspecified atom stereocenters. The molecule has 3 heteroatoms. The minimum Gasteiger partial charge on any atom is -0.353 e. The first-order chi connectivity index (χ1) is 9.85. The van der Waals surface area contributed by atoms with Gasteiger partial charge in [-0.2, -0.15) is 0 Å². The van der Waals surface area contributed by atoms with Crippen LogP contribution in [0.15, 0.2) is 0 Å². The summed E-state index contributed by atoms with van der Waals surface area (Å²) in [5, 5.41) is 3.22. The number of quaternary nitrogens is 1. The van der Waals surface area contributed by atoms with Crippen molar-refractivity contribution in [3.8, 4) is 0 Å². The van der Waals surface area contributed by atoms with Crippen molar-refractivity contribution in [2.45, 2.75) is 80.7 Å². The fourth-order valence-electron chi connectivity index (χ4n) is 3.22. The normalized spacial score (nSPS) is 14.8. The van der Waals surface area contributed by atoms with E-state index in [-0.39, 0.29) is 22.8 Å². The molecular formula is C19H41N2O+. The van der Waals surface area contributed by atoms with Gasteiger partial charge in [-0.05, 0) is 45.4 Å². The Morgan fingerprint density at radius 1 is 1.09 bits per heavy atom. The zero-order chi connectivity index (χ0) is 17.6. The van der Waals surface area contributed by atoms with Crippen LogP contribution in [0, 0.1) is 10.8 Å². The monoisotopic (exact) mass is 313 g/mol. The molecular weight excluding hydrogens is 272 g/mol. The molecule has 0 bridgehead atoms. The predicted molar refractivity (Wildman–Crippen MR) is 96.8 cm³/mol. The van der Waals surface area contributed by atoms with Crippen LogP contribution in [0.25, 0.3) is 0 Å². The van der Waals surface area contributed by atoms with Gasteiger partial charge in [-0.1, -0.05) is 34.6 Å². The fourth-order valence-corrected chi connectivity index (χ4v) is 3.22. The Morgan fingerprint density at radius 2 is 1.59 bits per heavy atom. The van der Waals surface area contributed by atoms with Gasteiger partial charge in [0.25, 0.3) is 0 Å². The first-order valence-electron chi connectivity index (χ1n) is 9.00. The van der Waals surface area contributed by atoms with Gasteiger partial charge < -0.3 is 9.80 Å². The third kappa shape index (κ3) is 8.17. The van der Waals surface area contributed by atoms with Crippen molar-refractivity contribution < 1.29 is 9.28 Å². The van der Waals surface area contributed by atoms with Gasteiger partial charge in [0.2, 0.25) is 5.91 Å². The number of hydrogen-bond acceptors (Lipinski definition) is 1. The molecule has 0 saturated heterocycles. The average molecular weight is 314 g/mol. The smallest absolute Gasteiger partial charge is 0.225 e. The average Bonchev–Trinajstić information content (AvgIpc) is 2.35. The molecule has 0 rings (SSSR count). The highest BCUT2D eigenvalue weighted by molar-refractivity contribution is 5.82. The lowest BCUT2D eigenvalue weighted by atomic mass is 9.75. The van der Waals surface area contributed by atoms with E-state index < -0.39 is 0 Å². The van der Waals surface area contributed by atoms with Crippen LogP contribution >= 0.6 is 0 Å². The first kappa shape index (κ1) is 21.4. The Kier molecular flexibility index (Phi) is 8.11. The van der Waals surface area contributed by atoms with Gasteiger partial charge in [-0.25, -0.2) is 0 Å². The molecule has 0 aliphatic rings. The minimum atomic E-state index is -0.302. The van der Waals surface area contributed by atoms with Gasteiger partial charge in [0, 0.05) is 11.5 Å². The molecule has 0 aromatic carbocycles. The second-order valence-electron chi connectivity index (χ2n) is 9.11. The van der Waals surface area contributed by atoms with Crippen molar-refractivity contribution in [2.75, 3.05) is 26.7 Å². The highest BCUT2D eigenvalue weighted by Gasteiger charge is 2.33. The summed E-state index contributed by atoms with van der Waals surface area (Å²) >= 11 is 0. The van der Waals surface area contributed by atoms with Gasteiger partial charge >= 0.3 is 0 Å². The zero-order valence-electron chi connectivity index (χ0n) is 16.7. The molecule has 0 aromatic rings. The Balaban J connectivity index is 4.31. The molecule has 0 saturated carbocycles. The van der Waals surface area contributed by atoms with E-state index in [0.29, 0.717) is 0 Å². The van der Waals surface area contributed by atoms with E-state index in [1.54, 1.807) is 0 Å². The fraction of sp³-hybridized carbons (Fsp3) is 0.947. The van der Waals surface area contributed by atoms with Crippen LogP contribution in [0.2, 0.25) is 0 Å². The maximum absolute atomic E-state index is 12.5. The number of amides is 1. The number of nitrogens with zero attached hydrogens (tertiary/aromatic N) is 1. The molecule has 0 fully saturated rings. The van der Waals surface area contributed by atoms with Crippen molar-refractivity contribution in [2.24, 2.45) is 10.8 Å². The molecule has 132 valence electrons. The summed E-state index contributed by atoms with van der Waals surface area (Å²) in [6.07, 6.45) is 3.13. The Hall–Kier alpha value is -0.570. The highest BCUT2D eigenvalue weighted by Crippen LogP contribution is 2.33. The van der Waals surface area contributed by atoms with E-state index in [4.69, 9.17) is 0 Å². The molecule has 0 radical (unpaired) electrons. The van der Waals surface area contributed by atoms with Crippen molar-refractivity contribution in [1.29, 1.82) is 0 Å². The summed E-state index contributed by atoms with van der Waals surface area (Å²) < 4.78 is 1.12. The summed E-state index contributed by atoms with van der Waals surface area (Å²) in [6.45, 7) is 20.9. The van der Waals surface area contributed by atoms with Crippen molar-refractivity contribution >= 4 is 5.91 Å². The van der Waals surface area contributed by atoms with Crippen LogP contribution in [0.4, 0.5) is 0 Å². The molecule has 0 aliphatic heterocycles. The van der Waals surface area contributed by atoms with Crippen LogP contribution in [0.5, 0.6) is 0 Å². The predicted octanol–water partition coefficient (Wildman–Crippen LogP) is 4.22. The maximum Gasteiger partial charge on any atom is 0.225 e. The molecule has 0 heterocycles. The molecule has 0 spiro atoms. The lowest BCUT2D eigenvalue weighted by molar-refractivity contribution is -0.906. The SMILES string of the molecule is CC[N+](C)(CC)CCCC(C)NC(=O)C(C)(C)CC(C)(C)C. The molecule has 1 amide bonds. The number of hydrogen-bond donors (Lipinski definition) is 1. The molecule has 3 nitrogen and oxygen atoms in total. The Labute approximate surface area is 139 Å². The Bertz CT molecular complexity index is 338. The zero-order valence-corrected chi connectivity index (χ0v) is 16.7. The molecule has 0 aromatic heterocycles. The van der Waals surface area contributed by atoms with Crippen LogP contribution in [0.3, 0.4) is 0 Å². The van der Waals surface area contributed by atoms with Gasteiger partial charge in [-0.15, -0.1) is 0 Å². The highest BCUT2D eigenvalue weighted by atomic mass is 16.2. The number of nitrogens with one attached hydrogen (secondary N) is 1. The van der Waals surface area contributed by atoms with Gasteiger partial charge in [-0.3, -0.25) is 4.79 Å². The first-order valence-corrected chi connectivity index (χ1v) is 9.00. The summed E-state index contributed by atoms with van der Waals surface area (Å²) in [7, 11) is 2.32. The third-order valence-electron chi connectivity index (χ3n) is 4.83. The second kappa shape index (κ2) is 8.33. The van der Waals surface area contributed by atoms with Gasteiger partial charge in [0.15, 0.2) is 0 Å². The lowest BCUT2D eigenvalue weighted by Crippen LogP contribution is -2.46. The van der Waals surface area contributed by atoms with E-state index in [0.717, 1.165) is 17.3 Å². The topological polar surface area (TPSA) is 29.1 Å². The lowest BCUT2D eigenvalue weighted by Gasteiger charge is -2.33. The molecule has 0 aliphatic carbocycles. The van der Waals surface area contributed by atoms with E-state index in [1.807, 2.05) is 0 Å². The van der Waals surface area contributed by atoms with E-state index in [9.17, 15) is 4.79 Å². The summed E-state index contributed by atoms with van der Waals surface area (Å²) in [5.74, 6) is 0.193. The summed E-state index contributed by atoms with van der Waals surface area (Å²) in [5.41, 5.74) is -0.129. The van der Waals surface area contributed by atoms with Crippen LogP contribution < -0.4 is 5.32 Å². The number of carbonyl (C=O) groups is 1. The van der Waals surface area contributed by atoms with E-state index in [2.05, 4.69) is 67.8 Å². The summed E-state index contributed by atoms with van der Waals surface area (Å²) in [6, 6.07) is 0.258. The van der Waals surface area contributed by atoms with Gasteiger partial charge in [0.1, 0.15) is 0 Å². The minimum absolute atomic E-state index is 0.172. The van der Waals surface area contributed by atoms with E-state index >= 15 is 0 Å². The van der Waals surface area contributed by atoms with Crippen molar-refractivity contribution in [3.05, 3.63) is 0 Å². The standard InChI is InChI=1S/C19H40N2O/c1-10-21(9,11-2)14-12-13-16(3)20-17(22)19(7,8)15-18(4,5)6/h16H,10-15H2,1-9H3/p+1. The van der Waals surface area contributed by atoms with Crippen LogP contribution in [-0.4, -0.2) is 43.1 Å². The summed E-state index contributed by atoms with van der Waals surface area (Å²) in [4.78, 5) is 12.5. The quantitative estimate of drug-likeness (QED) is 0.634. The van der Waals surface area contributed by atoms with Crippen LogP contribution in [-0.2, 0) is 4.79 Å². The molecule has 1 N–H and O–H groups in total. The largest absolute Gasteiger partial charge is 0.353 e. The molecule has 1 atom stereocenters. The van der Waals surface area contributed by atoms with Crippen molar-refractivity contribution in [3.63, 3.8) is 0 Å². The number of rotatable bonds is 9. The molecule has 22 heavy (non-hydrogen) atoms.